The molecule has 14 heavy (non-hydrogen) atoms. The molecule has 0 amide bonds. The standard InChI is InChI=1S/C10H12O4/c1-3-14-7-4-6(2)9(10(12)13)8(11)5-7/h4-5,11H,3H2,1-2H3,(H,12,13). The lowest BCUT2D eigenvalue weighted by atomic mass is 10.1. The van der Waals surface area contributed by atoms with Crippen molar-refractivity contribution >= 4 is 5.97 Å². The highest BCUT2D eigenvalue weighted by atomic mass is 16.5. The Morgan fingerprint density at radius 2 is 2.14 bits per heavy atom. The van der Waals surface area contributed by atoms with Crippen molar-refractivity contribution in [3.05, 3.63) is 23.3 Å². The first-order valence-corrected chi connectivity index (χ1v) is 4.26. The normalized spacial score (nSPS) is 9.86. The summed E-state index contributed by atoms with van der Waals surface area (Å²) in [6.07, 6.45) is 0. The molecular formula is C10H12O4. The van der Waals surface area contributed by atoms with E-state index < -0.39 is 5.97 Å². The van der Waals surface area contributed by atoms with Crippen molar-refractivity contribution in [2.45, 2.75) is 13.8 Å². The molecule has 1 aromatic carbocycles. The van der Waals surface area contributed by atoms with E-state index in [1.54, 1.807) is 13.0 Å². The van der Waals surface area contributed by atoms with Crippen LogP contribution in [0.4, 0.5) is 0 Å². The van der Waals surface area contributed by atoms with E-state index in [9.17, 15) is 9.90 Å². The molecule has 0 saturated heterocycles. The van der Waals surface area contributed by atoms with Crippen molar-refractivity contribution in [2.24, 2.45) is 0 Å². The fraction of sp³-hybridized carbons (Fsp3) is 0.300. The Morgan fingerprint density at radius 1 is 1.50 bits per heavy atom. The van der Waals surface area contributed by atoms with Crippen molar-refractivity contribution in [1.82, 2.24) is 0 Å². The maximum absolute atomic E-state index is 10.7. The summed E-state index contributed by atoms with van der Waals surface area (Å²) in [5.41, 5.74) is 0.411. The second-order valence-corrected chi connectivity index (χ2v) is 2.87. The Morgan fingerprint density at radius 3 is 2.57 bits per heavy atom. The minimum absolute atomic E-state index is 0.0755. The summed E-state index contributed by atoms with van der Waals surface area (Å²) in [4.78, 5) is 10.7. The lowest BCUT2D eigenvalue weighted by Crippen LogP contribution is -2.01. The van der Waals surface area contributed by atoms with Crippen LogP contribution in [0.1, 0.15) is 22.8 Å². The first-order valence-electron chi connectivity index (χ1n) is 4.26. The third-order valence-electron chi connectivity index (χ3n) is 1.81. The number of aromatic carboxylic acids is 1. The zero-order chi connectivity index (χ0) is 10.7. The van der Waals surface area contributed by atoms with E-state index in [2.05, 4.69) is 0 Å². The molecule has 0 unspecified atom stereocenters. The van der Waals surface area contributed by atoms with Crippen molar-refractivity contribution in [3.63, 3.8) is 0 Å². The number of rotatable bonds is 3. The van der Waals surface area contributed by atoms with E-state index in [-0.39, 0.29) is 11.3 Å². The number of benzene rings is 1. The summed E-state index contributed by atoms with van der Waals surface area (Å²) < 4.78 is 5.15. The van der Waals surface area contributed by atoms with Gasteiger partial charge < -0.3 is 14.9 Å². The molecular weight excluding hydrogens is 184 g/mol. The van der Waals surface area contributed by atoms with Crippen molar-refractivity contribution in [1.29, 1.82) is 0 Å². The van der Waals surface area contributed by atoms with E-state index in [0.29, 0.717) is 17.9 Å². The van der Waals surface area contributed by atoms with Gasteiger partial charge in [-0.15, -0.1) is 0 Å². The maximum atomic E-state index is 10.7. The number of carboxylic acid groups (broad SMARTS) is 1. The van der Waals surface area contributed by atoms with Crippen molar-refractivity contribution in [3.8, 4) is 11.5 Å². The van der Waals surface area contributed by atoms with Gasteiger partial charge in [0.05, 0.1) is 6.61 Å². The predicted molar refractivity (Wildman–Crippen MR) is 51.0 cm³/mol. The van der Waals surface area contributed by atoms with Crippen LogP contribution in [-0.2, 0) is 0 Å². The van der Waals surface area contributed by atoms with E-state index in [1.165, 1.54) is 6.07 Å². The van der Waals surface area contributed by atoms with E-state index >= 15 is 0 Å². The van der Waals surface area contributed by atoms with Gasteiger partial charge in [0, 0.05) is 6.07 Å². The molecule has 4 heteroatoms. The third-order valence-corrected chi connectivity index (χ3v) is 1.81. The Kier molecular flexibility index (Phi) is 2.96. The molecule has 0 aliphatic carbocycles. The smallest absolute Gasteiger partial charge is 0.339 e. The van der Waals surface area contributed by atoms with E-state index in [4.69, 9.17) is 9.84 Å². The average Bonchev–Trinajstić information content (AvgIpc) is 2.01. The zero-order valence-electron chi connectivity index (χ0n) is 8.07. The van der Waals surface area contributed by atoms with Gasteiger partial charge >= 0.3 is 5.97 Å². The molecule has 0 bridgehead atoms. The predicted octanol–water partition coefficient (Wildman–Crippen LogP) is 1.80. The van der Waals surface area contributed by atoms with Crippen LogP contribution in [0.25, 0.3) is 0 Å². The minimum Gasteiger partial charge on any atom is -0.507 e. The van der Waals surface area contributed by atoms with Crippen LogP contribution in [0.2, 0.25) is 0 Å². The van der Waals surface area contributed by atoms with Crippen LogP contribution in [-0.4, -0.2) is 22.8 Å². The van der Waals surface area contributed by atoms with E-state index in [1.807, 2.05) is 6.92 Å². The molecule has 1 rings (SSSR count). The fourth-order valence-corrected chi connectivity index (χ4v) is 1.26. The zero-order valence-corrected chi connectivity index (χ0v) is 8.07. The highest BCUT2D eigenvalue weighted by molar-refractivity contribution is 5.92. The van der Waals surface area contributed by atoms with Gasteiger partial charge in [0.25, 0.3) is 0 Å². The molecule has 4 nitrogen and oxygen atoms in total. The maximum Gasteiger partial charge on any atom is 0.339 e. The molecule has 0 spiro atoms. The van der Waals surface area contributed by atoms with Gasteiger partial charge in [-0.1, -0.05) is 0 Å². The van der Waals surface area contributed by atoms with Crippen molar-refractivity contribution < 1.29 is 19.7 Å². The molecule has 0 saturated carbocycles. The average molecular weight is 196 g/mol. The van der Waals surface area contributed by atoms with Gasteiger partial charge in [-0.2, -0.15) is 0 Å². The minimum atomic E-state index is -1.14. The largest absolute Gasteiger partial charge is 0.507 e. The molecule has 76 valence electrons. The van der Waals surface area contributed by atoms with Crippen molar-refractivity contribution in [2.75, 3.05) is 6.61 Å². The third kappa shape index (κ3) is 1.96. The SMILES string of the molecule is CCOc1cc(C)c(C(=O)O)c(O)c1. The summed E-state index contributed by atoms with van der Waals surface area (Å²) in [5, 5.41) is 18.2. The number of ether oxygens (including phenoxy) is 1. The number of hydrogen-bond acceptors (Lipinski definition) is 3. The number of carbonyl (C=O) groups is 1. The fourth-order valence-electron chi connectivity index (χ4n) is 1.26. The summed E-state index contributed by atoms with van der Waals surface area (Å²) in [5.74, 6) is -0.920. The second-order valence-electron chi connectivity index (χ2n) is 2.87. The lowest BCUT2D eigenvalue weighted by molar-refractivity contribution is 0.0693. The first-order chi connectivity index (χ1) is 6.56. The highest BCUT2D eigenvalue weighted by Crippen LogP contribution is 2.27. The van der Waals surface area contributed by atoms with Gasteiger partial charge in [0.2, 0.25) is 0 Å². The summed E-state index contributed by atoms with van der Waals surface area (Å²) in [6, 6.07) is 2.90. The van der Waals surface area contributed by atoms with Crippen LogP contribution in [0.15, 0.2) is 12.1 Å². The van der Waals surface area contributed by atoms with Crippen LogP contribution < -0.4 is 4.74 Å². The Balaban J connectivity index is 3.18. The molecule has 0 aromatic heterocycles. The van der Waals surface area contributed by atoms with Gasteiger partial charge in [-0.05, 0) is 25.5 Å². The first kappa shape index (κ1) is 10.4. The summed E-state index contributed by atoms with van der Waals surface area (Å²) >= 11 is 0. The quantitative estimate of drug-likeness (QED) is 0.773. The van der Waals surface area contributed by atoms with Gasteiger partial charge in [0.15, 0.2) is 0 Å². The molecule has 2 N–H and O–H groups in total. The molecule has 0 heterocycles. The number of hydrogen-bond donors (Lipinski definition) is 2. The van der Waals surface area contributed by atoms with Crippen LogP contribution in [0.5, 0.6) is 11.5 Å². The molecule has 0 radical (unpaired) electrons. The Hall–Kier alpha value is -1.71. The molecule has 0 atom stereocenters. The van der Waals surface area contributed by atoms with Gasteiger partial charge in [-0.25, -0.2) is 4.79 Å². The lowest BCUT2D eigenvalue weighted by Gasteiger charge is -2.08. The van der Waals surface area contributed by atoms with Crippen LogP contribution in [0.3, 0.4) is 0 Å². The number of carboxylic acids is 1. The summed E-state index contributed by atoms with van der Waals surface area (Å²) in [7, 11) is 0. The summed E-state index contributed by atoms with van der Waals surface area (Å²) in [6.45, 7) is 3.91. The number of aryl methyl sites for hydroxylation is 1. The molecule has 0 aliphatic heterocycles. The topological polar surface area (TPSA) is 66.8 Å². The number of aromatic hydroxyl groups is 1. The van der Waals surface area contributed by atoms with Gasteiger partial charge in [0.1, 0.15) is 17.1 Å². The monoisotopic (exact) mass is 196 g/mol. The molecule has 0 fully saturated rings. The highest BCUT2D eigenvalue weighted by Gasteiger charge is 2.14. The van der Waals surface area contributed by atoms with Crippen LogP contribution in [0, 0.1) is 6.92 Å². The Labute approximate surface area is 81.8 Å². The Bertz CT molecular complexity index is 334. The molecule has 1 aromatic rings. The van der Waals surface area contributed by atoms with E-state index in [0.717, 1.165) is 0 Å². The molecule has 0 aliphatic rings. The number of phenols is 1. The van der Waals surface area contributed by atoms with Gasteiger partial charge in [-0.3, -0.25) is 0 Å². The van der Waals surface area contributed by atoms with Crippen LogP contribution >= 0.6 is 0 Å². The second kappa shape index (κ2) is 4.00.